The number of hydrogen-bond acceptors (Lipinski definition) is 2. The predicted molar refractivity (Wildman–Crippen MR) is 49.0 cm³/mol. The average Bonchev–Trinajstić information content (AvgIpc) is 2.18. The van der Waals surface area contributed by atoms with E-state index in [-0.39, 0.29) is 0 Å². The first-order valence-electron chi connectivity index (χ1n) is 3.88. The van der Waals surface area contributed by atoms with Gasteiger partial charge in [-0.1, -0.05) is 30.3 Å². The number of rotatable bonds is 3. The van der Waals surface area contributed by atoms with E-state index in [1.807, 2.05) is 6.07 Å². The summed E-state index contributed by atoms with van der Waals surface area (Å²) < 4.78 is 11.3. The van der Waals surface area contributed by atoms with Crippen molar-refractivity contribution in [1.29, 1.82) is 0 Å². The second-order valence-electron chi connectivity index (χ2n) is 2.82. The Morgan fingerprint density at radius 3 is 2.38 bits per heavy atom. The zero-order valence-corrected chi connectivity index (χ0v) is 8.02. The highest BCUT2D eigenvalue weighted by atomic mass is 31.2. The number of hydrogen-bond donors (Lipinski definition) is 3. The standard InChI is InChI=1S/C8H12NO3P/c9-8(13(11,12)6-10)7-4-2-1-3-5-7/h1-5,8,10H,6,9H2,(H,11,12)/p+1/t8-/m1/s1. The van der Waals surface area contributed by atoms with Crippen molar-refractivity contribution in [1.82, 2.24) is 0 Å². The van der Waals surface area contributed by atoms with Crippen molar-refractivity contribution in [2.75, 3.05) is 6.35 Å². The normalized spacial score (nSPS) is 17.8. The molecule has 0 saturated heterocycles. The smallest absolute Gasteiger partial charge is 0.285 e. The van der Waals surface area contributed by atoms with Crippen LogP contribution >= 0.6 is 7.37 Å². The van der Waals surface area contributed by atoms with Crippen LogP contribution < -0.4 is 5.73 Å². The van der Waals surface area contributed by atoms with Crippen molar-refractivity contribution in [2.45, 2.75) is 5.78 Å². The van der Waals surface area contributed by atoms with Crippen molar-refractivity contribution < 1.29 is 20.3 Å². The summed E-state index contributed by atoms with van der Waals surface area (Å²) in [5.41, 5.74) is 4.25. The molecule has 0 radical (unpaired) electrons. The lowest BCUT2D eigenvalue weighted by Crippen LogP contribution is -2.53. The molecule has 0 saturated carbocycles. The minimum atomic E-state index is -3.54. The van der Waals surface area contributed by atoms with E-state index in [2.05, 4.69) is 5.73 Å². The Morgan fingerprint density at radius 2 is 1.92 bits per heavy atom. The molecule has 0 fully saturated rings. The van der Waals surface area contributed by atoms with E-state index >= 15 is 0 Å². The van der Waals surface area contributed by atoms with E-state index in [1.54, 1.807) is 24.3 Å². The van der Waals surface area contributed by atoms with Crippen LogP contribution in [0.4, 0.5) is 0 Å². The zero-order chi connectivity index (χ0) is 9.90. The summed E-state index contributed by atoms with van der Waals surface area (Å²) in [7, 11) is -3.54. The number of aliphatic hydroxyl groups is 1. The van der Waals surface area contributed by atoms with E-state index in [9.17, 15) is 9.46 Å². The minimum Gasteiger partial charge on any atom is -0.386 e. The predicted octanol–water partition coefficient (Wildman–Crippen LogP) is 0.147. The molecule has 1 unspecified atom stereocenters. The van der Waals surface area contributed by atoms with Crippen molar-refractivity contribution in [3.05, 3.63) is 35.9 Å². The van der Waals surface area contributed by atoms with Gasteiger partial charge in [-0.15, -0.1) is 0 Å². The van der Waals surface area contributed by atoms with E-state index in [0.29, 0.717) is 5.56 Å². The molecule has 0 spiro atoms. The summed E-state index contributed by atoms with van der Waals surface area (Å²) in [6, 6.07) is 8.79. The maximum absolute atomic E-state index is 11.3. The van der Waals surface area contributed by atoms with Crippen LogP contribution in [-0.2, 0) is 4.57 Å². The van der Waals surface area contributed by atoms with Crippen molar-refractivity contribution in [3.8, 4) is 0 Å². The molecule has 0 aliphatic carbocycles. The molecular formula is C8H13NO3P+. The van der Waals surface area contributed by atoms with Gasteiger partial charge < -0.3 is 15.7 Å². The second-order valence-corrected chi connectivity index (χ2v) is 5.24. The quantitative estimate of drug-likeness (QED) is 0.610. The molecule has 5 heteroatoms. The van der Waals surface area contributed by atoms with Crippen LogP contribution in [0.1, 0.15) is 11.3 Å². The molecule has 0 heterocycles. The summed E-state index contributed by atoms with van der Waals surface area (Å²) in [5, 5.41) is 8.67. The molecule has 5 N–H and O–H groups in total. The molecule has 2 atom stereocenters. The third-order valence-corrected chi connectivity index (χ3v) is 3.55. The Kier molecular flexibility index (Phi) is 3.22. The van der Waals surface area contributed by atoms with Crippen LogP contribution in [0.3, 0.4) is 0 Å². The molecule has 0 amide bonds. The molecule has 0 aliphatic heterocycles. The van der Waals surface area contributed by atoms with E-state index < -0.39 is 19.5 Å². The lowest BCUT2D eigenvalue weighted by atomic mass is 10.2. The summed E-state index contributed by atoms with van der Waals surface area (Å²) in [5.74, 6) is -0.751. The molecule has 1 aromatic carbocycles. The lowest BCUT2D eigenvalue weighted by molar-refractivity contribution is -0.397. The average molecular weight is 202 g/mol. The molecule has 4 nitrogen and oxygen atoms in total. The maximum atomic E-state index is 11.3. The number of quaternary nitrogens is 1. The van der Waals surface area contributed by atoms with Crippen LogP contribution in [0.2, 0.25) is 0 Å². The Hall–Kier alpha value is -0.670. The van der Waals surface area contributed by atoms with Gasteiger partial charge in [-0.25, -0.2) is 0 Å². The summed E-state index contributed by atoms with van der Waals surface area (Å²) >= 11 is 0. The monoisotopic (exact) mass is 202 g/mol. The van der Waals surface area contributed by atoms with Gasteiger partial charge in [0.15, 0.2) is 5.78 Å². The van der Waals surface area contributed by atoms with E-state index in [0.717, 1.165) is 0 Å². The van der Waals surface area contributed by atoms with Crippen molar-refractivity contribution >= 4 is 7.37 Å². The lowest BCUT2D eigenvalue weighted by Gasteiger charge is -2.13. The van der Waals surface area contributed by atoms with E-state index in [1.165, 1.54) is 0 Å². The first-order chi connectivity index (χ1) is 6.08. The van der Waals surface area contributed by atoms with Crippen molar-refractivity contribution in [3.63, 3.8) is 0 Å². The molecule has 0 aliphatic rings. The molecular weight excluding hydrogens is 189 g/mol. The van der Waals surface area contributed by atoms with Gasteiger partial charge in [0.2, 0.25) is 0 Å². The van der Waals surface area contributed by atoms with Crippen LogP contribution in [0.15, 0.2) is 30.3 Å². The fraction of sp³-hybridized carbons (Fsp3) is 0.250. The topological polar surface area (TPSA) is 85.2 Å². The number of aliphatic hydroxyl groups excluding tert-OH is 1. The molecule has 0 bridgehead atoms. The van der Waals surface area contributed by atoms with Gasteiger partial charge in [-0.05, 0) is 0 Å². The van der Waals surface area contributed by atoms with E-state index in [4.69, 9.17) is 5.11 Å². The zero-order valence-electron chi connectivity index (χ0n) is 7.13. The summed E-state index contributed by atoms with van der Waals surface area (Å²) in [6.07, 6.45) is -0.726. The highest BCUT2D eigenvalue weighted by molar-refractivity contribution is 7.57. The second kappa shape index (κ2) is 4.03. The highest BCUT2D eigenvalue weighted by Crippen LogP contribution is 2.49. The summed E-state index contributed by atoms with van der Waals surface area (Å²) in [4.78, 5) is 9.29. The Morgan fingerprint density at radius 1 is 1.38 bits per heavy atom. The van der Waals surface area contributed by atoms with Gasteiger partial charge in [0.1, 0.15) is 6.35 Å². The fourth-order valence-electron chi connectivity index (χ4n) is 1.01. The highest BCUT2D eigenvalue weighted by Gasteiger charge is 2.31. The van der Waals surface area contributed by atoms with Gasteiger partial charge in [-0.3, -0.25) is 4.57 Å². The number of benzene rings is 1. The largest absolute Gasteiger partial charge is 0.386 e. The Balaban J connectivity index is 2.92. The van der Waals surface area contributed by atoms with Gasteiger partial charge in [0.25, 0.3) is 7.37 Å². The van der Waals surface area contributed by atoms with Gasteiger partial charge in [-0.2, -0.15) is 0 Å². The Bertz CT molecular complexity index is 314. The van der Waals surface area contributed by atoms with Crippen molar-refractivity contribution in [2.24, 2.45) is 0 Å². The molecule has 72 valence electrons. The molecule has 0 aromatic heterocycles. The first kappa shape index (κ1) is 10.4. The van der Waals surface area contributed by atoms with Gasteiger partial charge in [0.05, 0.1) is 0 Å². The van der Waals surface area contributed by atoms with Crippen LogP contribution in [0, 0.1) is 0 Å². The maximum Gasteiger partial charge on any atom is 0.285 e. The summed E-state index contributed by atoms with van der Waals surface area (Å²) in [6.45, 7) is 0. The first-order valence-corrected chi connectivity index (χ1v) is 5.79. The van der Waals surface area contributed by atoms with Crippen LogP contribution in [-0.4, -0.2) is 16.3 Å². The molecule has 1 rings (SSSR count). The third kappa shape index (κ3) is 2.39. The van der Waals surface area contributed by atoms with Crippen LogP contribution in [0.25, 0.3) is 0 Å². The van der Waals surface area contributed by atoms with Gasteiger partial charge in [0, 0.05) is 5.56 Å². The minimum absolute atomic E-state index is 0.669. The third-order valence-electron chi connectivity index (χ3n) is 1.87. The fourth-order valence-corrected chi connectivity index (χ4v) is 1.84. The SMILES string of the molecule is [NH3+][C@@H](c1ccccc1)P(=O)(O)CO. The van der Waals surface area contributed by atoms with Crippen LogP contribution in [0.5, 0.6) is 0 Å². The Labute approximate surface area is 76.5 Å². The van der Waals surface area contributed by atoms with Gasteiger partial charge >= 0.3 is 0 Å². The molecule has 1 aromatic rings. The molecule has 13 heavy (non-hydrogen) atoms.